The molecule has 3 rings (SSSR count). The van der Waals surface area contributed by atoms with Gasteiger partial charge in [0.1, 0.15) is 0 Å². The van der Waals surface area contributed by atoms with E-state index in [0.29, 0.717) is 18.9 Å². The van der Waals surface area contributed by atoms with Crippen molar-refractivity contribution in [2.75, 3.05) is 13.1 Å². The van der Waals surface area contributed by atoms with E-state index in [4.69, 9.17) is 0 Å². The number of carbonyl (C=O) groups excluding carboxylic acids is 2. The highest BCUT2D eigenvalue weighted by Gasteiger charge is 2.24. The Kier molecular flexibility index (Phi) is 7.97. The summed E-state index contributed by atoms with van der Waals surface area (Å²) < 4.78 is 0. The maximum Gasteiger partial charge on any atom is 0.244 e. The van der Waals surface area contributed by atoms with Crippen molar-refractivity contribution in [3.63, 3.8) is 0 Å². The van der Waals surface area contributed by atoms with Gasteiger partial charge in [-0.15, -0.1) is 0 Å². The van der Waals surface area contributed by atoms with Gasteiger partial charge >= 0.3 is 0 Å². The molecular weight excluding hydrogens is 372 g/mol. The number of hydrogen-bond donors (Lipinski definition) is 1. The summed E-state index contributed by atoms with van der Waals surface area (Å²) in [5, 5.41) is 2.94. The van der Waals surface area contributed by atoms with E-state index in [-0.39, 0.29) is 11.7 Å². The molecule has 0 spiro atoms. The van der Waals surface area contributed by atoms with Gasteiger partial charge in [0.25, 0.3) is 0 Å². The Bertz CT molecular complexity index is 874. The van der Waals surface area contributed by atoms with E-state index in [2.05, 4.69) is 48.3 Å². The van der Waals surface area contributed by atoms with Crippen LogP contribution in [0.4, 0.5) is 0 Å². The first kappa shape index (κ1) is 22.0. The van der Waals surface area contributed by atoms with E-state index < -0.39 is 6.04 Å². The standard InChI is InChI=1S/C26H32N2O2/c1-20(2)17-24(27-26(30)15-14-21-9-4-3-5-10-21)25(29)19-28-16-8-13-22-11-6-7-12-23(22)18-28/h3-7,9-12,14-15,20,24H,8,13,16-19H2,1-2H3,(H,27,30)/b15-14+/t24-/m0/s1. The highest BCUT2D eigenvalue weighted by Crippen LogP contribution is 2.18. The van der Waals surface area contributed by atoms with Crippen LogP contribution in [0.25, 0.3) is 6.08 Å². The number of carbonyl (C=O) groups is 2. The van der Waals surface area contributed by atoms with E-state index >= 15 is 0 Å². The number of benzene rings is 2. The smallest absolute Gasteiger partial charge is 0.244 e. The lowest BCUT2D eigenvalue weighted by Crippen LogP contribution is -2.45. The fourth-order valence-corrected chi connectivity index (χ4v) is 3.93. The van der Waals surface area contributed by atoms with Crippen LogP contribution in [0.5, 0.6) is 0 Å². The predicted molar refractivity (Wildman–Crippen MR) is 122 cm³/mol. The lowest BCUT2D eigenvalue weighted by molar-refractivity contribution is -0.126. The van der Waals surface area contributed by atoms with Crippen molar-refractivity contribution in [1.29, 1.82) is 0 Å². The predicted octanol–water partition coefficient (Wildman–Crippen LogP) is 4.25. The van der Waals surface area contributed by atoms with Crippen molar-refractivity contribution < 1.29 is 9.59 Å². The summed E-state index contributed by atoms with van der Waals surface area (Å²) in [4.78, 5) is 27.8. The summed E-state index contributed by atoms with van der Waals surface area (Å²) in [5.74, 6) is 0.186. The average molecular weight is 405 g/mol. The third-order valence-electron chi connectivity index (χ3n) is 5.45. The monoisotopic (exact) mass is 404 g/mol. The zero-order valence-electron chi connectivity index (χ0n) is 18.0. The fourth-order valence-electron chi connectivity index (χ4n) is 3.93. The highest BCUT2D eigenvalue weighted by atomic mass is 16.2. The van der Waals surface area contributed by atoms with Gasteiger partial charge in [-0.1, -0.05) is 68.4 Å². The molecule has 1 atom stereocenters. The van der Waals surface area contributed by atoms with Crippen LogP contribution in [0.1, 0.15) is 43.4 Å². The number of nitrogens with one attached hydrogen (secondary N) is 1. The van der Waals surface area contributed by atoms with Crippen molar-refractivity contribution >= 4 is 17.8 Å². The number of hydrogen-bond acceptors (Lipinski definition) is 3. The van der Waals surface area contributed by atoms with Gasteiger partial charge in [-0.25, -0.2) is 0 Å². The lowest BCUT2D eigenvalue weighted by Gasteiger charge is -2.24. The number of ketones is 1. The molecule has 30 heavy (non-hydrogen) atoms. The second-order valence-electron chi connectivity index (χ2n) is 8.48. The summed E-state index contributed by atoms with van der Waals surface area (Å²) in [6, 6.07) is 17.7. The molecule has 1 heterocycles. The Morgan fingerprint density at radius 2 is 1.73 bits per heavy atom. The van der Waals surface area contributed by atoms with Gasteiger partial charge in [-0.2, -0.15) is 0 Å². The van der Waals surface area contributed by atoms with Crippen molar-refractivity contribution in [3.05, 3.63) is 77.4 Å². The second-order valence-corrected chi connectivity index (χ2v) is 8.48. The number of Topliss-reactive ketones (excluding diaryl/α,β-unsaturated/α-hetero) is 1. The lowest BCUT2D eigenvalue weighted by atomic mass is 9.99. The van der Waals surface area contributed by atoms with Crippen molar-refractivity contribution in [1.82, 2.24) is 10.2 Å². The topological polar surface area (TPSA) is 49.4 Å². The SMILES string of the molecule is CC(C)C[C@H](NC(=O)/C=C/c1ccccc1)C(=O)CN1CCCc2ccccc2C1. The molecule has 4 heteroatoms. The van der Waals surface area contributed by atoms with Crippen molar-refractivity contribution in [2.45, 2.75) is 45.7 Å². The Labute approximate surface area is 180 Å². The molecule has 0 radical (unpaired) electrons. The van der Waals surface area contributed by atoms with Crippen LogP contribution in [0.15, 0.2) is 60.7 Å². The van der Waals surface area contributed by atoms with Gasteiger partial charge < -0.3 is 5.32 Å². The molecule has 4 nitrogen and oxygen atoms in total. The summed E-state index contributed by atoms with van der Waals surface area (Å²) in [7, 11) is 0. The second kappa shape index (κ2) is 10.9. The van der Waals surface area contributed by atoms with Gasteiger partial charge in [0, 0.05) is 12.6 Å². The third kappa shape index (κ3) is 6.67. The van der Waals surface area contributed by atoms with Gasteiger partial charge in [0.05, 0.1) is 12.6 Å². The molecule has 2 aromatic rings. The van der Waals surface area contributed by atoms with Crippen LogP contribution in [0.3, 0.4) is 0 Å². The first-order chi connectivity index (χ1) is 14.5. The van der Waals surface area contributed by atoms with Crippen molar-refractivity contribution in [2.24, 2.45) is 5.92 Å². The Hall–Kier alpha value is -2.72. The van der Waals surface area contributed by atoms with Crippen LogP contribution in [0, 0.1) is 5.92 Å². The van der Waals surface area contributed by atoms with Crippen LogP contribution in [0.2, 0.25) is 0 Å². The molecule has 2 aromatic carbocycles. The van der Waals surface area contributed by atoms with Crippen LogP contribution in [-0.4, -0.2) is 35.7 Å². The maximum atomic E-state index is 13.1. The number of rotatable bonds is 8. The van der Waals surface area contributed by atoms with Crippen LogP contribution in [-0.2, 0) is 22.6 Å². The number of aryl methyl sites for hydroxylation is 1. The molecule has 0 saturated heterocycles. The quantitative estimate of drug-likeness (QED) is 0.669. The number of amides is 1. The molecule has 1 N–H and O–H groups in total. The van der Waals surface area contributed by atoms with E-state index in [1.165, 1.54) is 17.2 Å². The molecule has 1 aliphatic heterocycles. The maximum absolute atomic E-state index is 13.1. The molecule has 1 aliphatic rings. The van der Waals surface area contributed by atoms with Gasteiger partial charge in [0.15, 0.2) is 5.78 Å². The first-order valence-corrected chi connectivity index (χ1v) is 10.9. The summed E-state index contributed by atoms with van der Waals surface area (Å²) >= 11 is 0. The van der Waals surface area contributed by atoms with Crippen molar-refractivity contribution in [3.8, 4) is 0 Å². The Balaban J connectivity index is 1.62. The molecule has 0 aliphatic carbocycles. The summed E-state index contributed by atoms with van der Waals surface area (Å²) in [6.07, 6.45) is 6.03. The minimum Gasteiger partial charge on any atom is -0.343 e. The van der Waals surface area contributed by atoms with E-state index in [1.54, 1.807) is 6.08 Å². The highest BCUT2D eigenvalue weighted by molar-refractivity contribution is 5.96. The van der Waals surface area contributed by atoms with E-state index in [0.717, 1.165) is 31.5 Å². The molecule has 0 fully saturated rings. The zero-order valence-corrected chi connectivity index (χ0v) is 18.0. The fraction of sp³-hybridized carbons (Fsp3) is 0.385. The first-order valence-electron chi connectivity index (χ1n) is 10.9. The zero-order chi connectivity index (χ0) is 21.3. The third-order valence-corrected chi connectivity index (χ3v) is 5.45. The molecular formula is C26H32N2O2. The van der Waals surface area contributed by atoms with E-state index in [9.17, 15) is 9.59 Å². The van der Waals surface area contributed by atoms with Gasteiger partial charge in [-0.3, -0.25) is 14.5 Å². The number of fused-ring (bicyclic) bond motifs is 1. The molecule has 158 valence electrons. The van der Waals surface area contributed by atoms with Crippen LogP contribution >= 0.6 is 0 Å². The largest absolute Gasteiger partial charge is 0.343 e. The van der Waals surface area contributed by atoms with Crippen LogP contribution < -0.4 is 5.32 Å². The minimum atomic E-state index is -0.462. The number of nitrogens with zero attached hydrogens (tertiary/aromatic N) is 1. The summed E-state index contributed by atoms with van der Waals surface area (Å²) in [5.41, 5.74) is 3.64. The minimum absolute atomic E-state index is 0.0875. The van der Waals surface area contributed by atoms with Gasteiger partial charge in [0.2, 0.25) is 5.91 Å². The Morgan fingerprint density at radius 3 is 2.47 bits per heavy atom. The van der Waals surface area contributed by atoms with E-state index in [1.807, 2.05) is 30.3 Å². The molecule has 0 bridgehead atoms. The Morgan fingerprint density at radius 1 is 1.03 bits per heavy atom. The normalized spacial score (nSPS) is 15.6. The molecule has 0 saturated carbocycles. The summed E-state index contributed by atoms with van der Waals surface area (Å²) in [6.45, 7) is 6.21. The van der Waals surface area contributed by atoms with Gasteiger partial charge in [-0.05, 0) is 54.5 Å². The molecule has 0 aromatic heterocycles. The average Bonchev–Trinajstić information content (AvgIpc) is 2.94. The molecule has 0 unspecified atom stereocenters. The molecule has 1 amide bonds.